The fraction of sp³-hybridized carbons (Fsp3) is 0.524. The van der Waals surface area contributed by atoms with Crippen LogP contribution >= 0.6 is 11.8 Å². The Balaban J connectivity index is 1.57. The van der Waals surface area contributed by atoms with Crippen LogP contribution in [-0.2, 0) is 10.5 Å². The maximum atomic E-state index is 13.1. The Labute approximate surface area is 181 Å². The predicted molar refractivity (Wildman–Crippen MR) is 115 cm³/mol. The number of aromatic amines is 1. The number of aromatic nitrogens is 3. The Hall–Kier alpha value is -2.55. The molecular weight excluding hydrogens is 402 g/mol. The fourth-order valence-electron chi connectivity index (χ4n) is 3.32. The van der Waals surface area contributed by atoms with Crippen molar-refractivity contribution in [2.24, 2.45) is 0 Å². The van der Waals surface area contributed by atoms with Crippen LogP contribution in [0.5, 0.6) is 0 Å². The van der Waals surface area contributed by atoms with E-state index >= 15 is 0 Å². The maximum Gasteiger partial charge on any atom is 0.407 e. The van der Waals surface area contributed by atoms with Gasteiger partial charge in [-0.15, -0.1) is 0 Å². The lowest BCUT2D eigenvalue weighted by Gasteiger charge is -2.36. The van der Waals surface area contributed by atoms with Crippen LogP contribution in [0.3, 0.4) is 0 Å². The number of carbonyl (C=O) groups is 2. The summed E-state index contributed by atoms with van der Waals surface area (Å²) in [7, 11) is 0. The second-order valence-corrected chi connectivity index (χ2v) is 9.27. The van der Waals surface area contributed by atoms with E-state index < -0.39 is 11.7 Å². The zero-order valence-corrected chi connectivity index (χ0v) is 18.5. The topological polar surface area (TPSA) is 100 Å². The molecule has 0 aliphatic carbocycles. The van der Waals surface area contributed by atoms with Gasteiger partial charge in [0.25, 0.3) is 5.91 Å². The molecule has 30 heavy (non-hydrogen) atoms. The van der Waals surface area contributed by atoms with Gasteiger partial charge in [0, 0.05) is 30.4 Å². The molecule has 162 valence electrons. The van der Waals surface area contributed by atoms with E-state index in [1.807, 2.05) is 49.9 Å². The molecule has 9 heteroatoms. The number of amides is 2. The second kappa shape index (κ2) is 9.97. The highest BCUT2D eigenvalue weighted by molar-refractivity contribution is 7.98. The minimum absolute atomic E-state index is 0.000117. The summed E-state index contributed by atoms with van der Waals surface area (Å²) in [6.07, 6.45) is 3.92. The van der Waals surface area contributed by atoms with E-state index in [-0.39, 0.29) is 11.9 Å². The van der Waals surface area contributed by atoms with E-state index in [1.54, 1.807) is 11.8 Å². The molecular formula is C21H29N5O3S. The molecule has 2 aromatic rings. The van der Waals surface area contributed by atoms with Crippen molar-refractivity contribution in [1.82, 2.24) is 25.4 Å². The number of nitrogens with one attached hydrogen (secondary N) is 2. The highest BCUT2D eigenvalue weighted by Crippen LogP contribution is 2.22. The van der Waals surface area contributed by atoms with Gasteiger partial charge in [0.2, 0.25) is 0 Å². The number of rotatable bonds is 6. The van der Waals surface area contributed by atoms with Crippen molar-refractivity contribution in [1.29, 1.82) is 0 Å². The van der Waals surface area contributed by atoms with E-state index in [1.165, 1.54) is 6.33 Å². The summed E-state index contributed by atoms with van der Waals surface area (Å²) in [4.78, 5) is 31.0. The van der Waals surface area contributed by atoms with Crippen LogP contribution in [0.15, 0.2) is 35.7 Å². The van der Waals surface area contributed by atoms with Crippen LogP contribution in [0.1, 0.15) is 56.0 Å². The molecule has 1 unspecified atom stereocenters. The number of nitrogens with zero attached hydrogens (tertiary/aromatic N) is 3. The normalized spacial score (nSPS) is 16.9. The molecule has 1 atom stereocenters. The fourth-order valence-corrected chi connectivity index (χ4v) is 4.06. The van der Waals surface area contributed by atoms with Crippen LogP contribution in [0.25, 0.3) is 0 Å². The van der Waals surface area contributed by atoms with Crippen molar-refractivity contribution in [2.45, 2.75) is 62.6 Å². The highest BCUT2D eigenvalue weighted by Gasteiger charge is 2.28. The van der Waals surface area contributed by atoms with Crippen molar-refractivity contribution in [3.05, 3.63) is 41.7 Å². The van der Waals surface area contributed by atoms with Gasteiger partial charge in [-0.25, -0.2) is 9.78 Å². The van der Waals surface area contributed by atoms with Crippen LogP contribution < -0.4 is 5.32 Å². The monoisotopic (exact) mass is 431 g/mol. The van der Waals surface area contributed by atoms with Crippen LogP contribution in [0.4, 0.5) is 4.79 Å². The first-order valence-corrected chi connectivity index (χ1v) is 11.2. The van der Waals surface area contributed by atoms with Gasteiger partial charge in [0.15, 0.2) is 5.16 Å². The average molecular weight is 432 g/mol. The first-order valence-electron chi connectivity index (χ1n) is 10.2. The van der Waals surface area contributed by atoms with Crippen LogP contribution in [0, 0.1) is 0 Å². The number of hydrogen-bond donors (Lipinski definition) is 2. The Morgan fingerprint density at radius 2 is 2.03 bits per heavy atom. The van der Waals surface area contributed by atoms with E-state index in [9.17, 15) is 9.59 Å². The van der Waals surface area contributed by atoms with Gasteiger partial charge in [0.1, 0.15) is 11.9 Å². The number of ether oxygens (including phenoxy) is 1. The second-order valence-electron chi connectivity index (χ2n) is 8.31. The third kappa shape index (κ3) is 6.48. The minimum atomic E-state index is -0.542. The quantitative estimate of drug-likeness (QED) is 0.678. The minimum Gasteiger partial charge on any atom is -0.444 e. The number of benzene rings is 1. The number of likely N-dealkylation sites (tertiary alicyclic amines) is 1. The Morgan fingerprint density at radius 1 is 1.27 bits per heavy atom. The smallest absolute Gasteiger partial charge is 0.407 e. The largest absolute Gasteiger partial charge is 0.444 e. The molecule has 0 spiro atoms. The molecule has 8 nitrogen and oxygen atoms in total. The van der Waals surface area contributed by atoms with Gasteiger partial charge in [-0.2, -0.15) is 5.10 Å². The van der Waals surface area contributed by atoms with Crippen LogP contribution in [-0.4, -0.2) is 56.8 Å². The standard InChI is InChI=1S/C21H29N5O3S/c1-21(2,3)29-20(28)22-12-17-6-4-5-11-26(17)18(27)16-9-7-15(8-10-16)13-30-19-23-14-24-25-19/h7-10,14,17H,4-6,11-13H2,1-3H3,(H,22,28)(H,23,24,25). The third-order valence-electron chi connectivity index (χ3n) is 4.74. The Morgan fingerprint density at radius 3 is 2.70 bits per heavy atom. The number of H-pyrrole nitrogens is 1. The number of piperidine rings is 1. The maximum absolute atomic E-state index is 13.1. The molecule has 1 aliphatic rings. The van der Waals surface area contributed by atoms with Crippen molar-refractivity contribution >= 4 is 23.8 Å². The Kier molecular flexibility index (Phi) is 7.36. The lowest BCUT2D eigenvalue weighted by molar-refractivity contribution is 0.0462. The van der Waals surface area contributed by atoms with E-state index in [2.05, 4.69) is 20.5 Å². The predicted octanol–water partition coefficient (Wildman–Crippen LogP) is 3.62. The highest BCUT2D eigenvalue weighted by atomic mass is 32.2. The molecule has 0 radical (unpaired) electrons. The van der Waals surface area contributed by atoms with E-state index in [4.69, 9.17) is 4.74 Å². The zero-order chi connectivity index (χ0) is 21.6. The van der Waals surface area contributed by atoms with Crippen molar-refractivity contribution < 1.29 is 14.3 Å². The summed E-state index contributed by atoms with van der Waals surface area (Å²) in [5.41, 5.74) is 1.22. The molecule has 1 fully saturated rings. The van der Waals surface area contributed by atoms with Crippen molar-refractivity contribution in [3.8, 4) is 0 Å². The molecule has 3 rings (SSSR count). The molecule has 2 heterocycles. The van der Waals surface area contributed by atoms with Gasteiger partial charge < -0.3 is 15.0 Å². The van der Waals surface area contributed by atoms with Crippen molar-refractivity contribution in [2.75, 3.05) is 13.1 Å². The molecule has 1 saturated heterocycles. The zero-order valence-electron chi connectivity index (χ0n) is 17.7. The van der Waals surface area contributed by atoms with Gasteiger partial charge in [0.05, 0.1) is 0 Å². The molecule has 1 aliphatic heterocycles. The molecule has 1 aromatic carbocycles. The van der Waals surface area contributed by atoms with Crippen molar-refractivity contribution in [3.63, 3.8) is 0 Å². The first-order chi connectivity index (χ1) is 14.3. The summed E-state index contributed by atoms with van der Waals surface area (Å²) in [6.45, 7) is 6.58. The van der Waals surface area contributed by atoms with Gasteiger partial charge in [-0.05, 0) is 57.7 Å². The Bertz CT molecular complexity index is 833. The number of alkyl carbamates (subject to hydrolysis) is 1. The summed E-state index contributed by atoms with van der Waals surface area (Å²) in [5.74, 6) is 0.746. The van der Waals surface area contributed by atoms with Gasteiger partial charge >= 0.3 is 6.09 Å². The number of hydrogen-bond acceptors (Lipinski definition) is 6. The van der Waals surface area contributed by atoms with Gasteiger partial charge in [-0.3, -0.25) is 9.89 Å². The molecule has 2 amide bonds. The number of thioether (sulfide) groups is 1. The van der Waals surface area contributed by atoms with Gasteiger partial charge in [-0.1, -0.05) is 23.9 Å². The lowest BCUT2D eigenvalue weighted by Crippen LogP contribution is -2.50. The SMILES string of the molecule is CC(C)(C)OC(=O)NCC1CCCCN1C(=O)c1ccc(CSc2ncn[nH]2)cc1. The third-order valence-corrected chi connectivity index (χ3v) is 5.69. The average Bonchev–Trinajstić information content (AvgIpc) is 3.23. The summed E-state index contributed by atoms with van der Waals surface area (Å²) in [6, 6.07) is 7.64. The molecule has 0 bridgehead atoms. The lowest BCUT2D eigenvalue weighted by atomic mass is 10.0. The van der Waals surface area contributed by atoms with E-state index in [0.717, 1.165) is 35.7 Å². The van der Waals surface area contributed by atoms with Crippen LogP contribution in [0.2, 0.25) is 0 Å². The summed E-state index contributed by atoms with van der Waals surface area (Å²) >= 11 is 1.56. The summed E-state index contributed by atoms with van der Waals surface area (Å²) < 4.78 is 5.31. The number of carbonyl (C=O) groups excluding carboxylic acids is 2. The first kappa shape index (κ1) is 22.1. The summed E-state index contributed by atoms with van der Waals surface area (Å²) in [5, 5.41) is 10.2. The molecule has 2 N–H and O–H groups in total. The molecule has 1 aromatic heterocycles. The molecule has 0 saturated carbocycles. The van der Waals surface area contributed by atoms with E-state index in [0.29, 0.717) is 18.7 Å².